The monoisotopic (exact) mass is 234 g/mol. The van der Waals surface area contributed by atoms with Crippen LogP contribution in [0.5, 0.6) is 0 Å². The maximum Gasteiger partial charge on any atom is 0.222 e. The van der Waals surface area contributed by atoms with Crippen molar-refractivity contribution in [2.24, 2.45) is 5.92 Å². The Kier molecular flexibility index (Phi) is 5.01. The number of rotatable bonds is 5. The molecule has 0 radical (unpaired) electrons. The van der Waals surface area contributed by atoms with Crippen LogP contribution in [-0.2, 0) is 11.3 Å². The van der Waals surface area contributed by atoms with E-state index in [1.807, 2.05) is 31.3 Å². The topological polar surface area (TPSA) is 46.3 Å². The van der Waals surface area contributed by atoms with Crippen molar-refractivity contribution in [1.82, 2.24) is 4.90 Å². The van der Waals surface area contributed by atoms with Gasteiger partial charge in [0.25, 0.3) is 0 Å². The molecule has 1 atom stereocenters. The molecule has 0 spiro atoms. The molecule has 2 N–H and O–H groups in total. The van der Waals surface area contributed by atoms with Gasteiger partial charge >= 0.3 is 0 Å². The number of benzene rings is 1. The minimum absolute atomic E-state index is 0.196. The Balaban J connectivity index is 2.54. The zero-order valence-corrected chi connectivity index (χ0v) is 10.9. The van der Waals surface area contributed by atoms with Gasteiger partial charge in [0.15, 0.2) is 0 Å². The van der Waals surface area contributed by atoms with E-state index >= 15 is 0 Å². The molecule has 17 heavy (non-hydrogen) atoms. The van der Waals surface area contributed by atoms with E-state index in [9.17, 15) is 4.79 Å². The van der Waals surface area contributed by atoms with E-state index in [4.69, 9.17) is 5.73 Å². The summed E-state index contributed by atoms with van der Waals surface area (Å²) < 4.78 is 0. The number of carbonyl (C=O) groups is 1. The van der Waals surface area contributed by atoms with Gasteiger partial charge in [0.2, 0.25) is 5.91 Å². The lowest BCUT2D eigenvalue weighted by Gasteiger charge is -2.19. The van der Waals surface area contributed by atoms with Crippen LogP contribution in [0.1, 0.15) is 32.3 Å². The fraction of sp³-hybridized carbons (Fsp3) is 0.500. The standard InChI is InChI=1S/C14H22N2O/c1-4-11(2)8-14(17)16(3)10-12-6-5-7-13(15)9-12/h5-7,9,11H,4,8,10,15H2,1-3H3. The summed E-state index contributed by atoms with van der Waals surface area (Å²) in [4.78, 5) is 13.7. The summed E-state index contributed by atoms with van der Waals surface area (Å²) in [5, 5.41) is 0. The molecular formula is C14H22N2O. The average molecular weight is 234 g/mol. The first-order valence-corrected chi connectivity index (χ1v) is 6.11. The molecule has 1 unspecified atom stereocenters. The fourth-order valence-corrected chi connectivity index (χ4v) is 1.65. The lowest BCUT2D eigenvalue weighted by atomic mass is 10.0. The van der Waals surface area contributed by atoms with Crippen molar-refractivity contribution in [2.45, 2.75) is 33.2 Å². The third kappa shape index (κ3) is 4.47. The summed E-state index contributed by atoms with van der Waals surface area (Å²) in [6.45, 7) is 4.84. The van der Waals surface area contributed by atoms with Crippen molar-refractivity contribution < 1.29 is 4.79 Å². The largest absolute Gasteiger partial charge is 0.399 e. The predicted molar refractivity (Wildman–Crippen MR) is 71.4 cm³/mol. The number of anilines is 1. The van der Waals surface area contributed by atoms with E-state index in [2.05, 4.69) is 13.8 Å². The molecular weight excluding hydrogens is 212 g/mol. The molecule has 0 aliphatic rings. The van der Waals surface area contributed by atoms with Gasteiger partial charge in [-0.2, -0.15) is 0 Å². The zero-order valence-electron chi connectivity index (χ0n) is 10.9. The number of nitrogens with zero attached hydrogens (tertiary/aromatic N) is 1. The molecule has 0 fully saturated rings. The van der Waals surface area contributed by atoms with Crippen LogP contribution in [0.3, 0.4) is 0 Å². The quantitative estimate of drug-likeness (QED) is 0.796. The lowest BCUT2D eigenvalue weighted by Crippen LogP contribution is -2.27. The minimum atomic E-state index is 0.196. The van der Waals surface area contributed by atoms with Crippen LogP contribution in [0.15, 0.2) is 24.3 Å². The van der Waals surface area contributed by atoms with Crippen LogP contribution >= 0.6 is 0 Å². The van der Waals surface area contributed by atoms with Crippen LogP contribution in [0, 0.1) is 5.92 Å². The molecule has 1 amide bonds. The van der Waals surface area contributed by atoms with E-state index in [0.717, 1.165) is 17.7 Å². The molecule has 94 valence electrons. The van der Waals surface area contributed by atoms with Gasteiger partial charge in [0, 0.05) is 25.7 Å². The van der Waals surface area contributed by atoms with Crippen molar-refractivity contribution >= 4 is 11.6 Å². The summed E-state index contributed by atoms with van der Waals surface area (Å²) in [6.07, 6.45) is 1.66. The van der Waals surface area contributed by atoms with E-state index in [-0.39, 0.29) is 5.91 Å². The molecule has 0 aliphatic heterocycles. The Morgan fingerprint density at radius 1 is 1.47 bits per heavy atom. The Hall–Kier alpha value is -1.51. The van der Waals surface area contributed by atoms with Crippen LogP contribution in [-0.4, -0.2) is 17.9 Å². The van der Waals surface area contributed by atoms with Gasteiger partial charge in [-0.15, -0.1) is 0 Å². The lowest BCUT2D eigenvalue weighted by molar-refractivity contribution is -0.131. The molecule has 0 saturated heterocycles. The molecule has 1 rings (SSSR count). The third-order valence-corrected chi connectivity index (χ3v) is 3.02. The second kappa shape index (κ2) is 6.28. The van der Waals surface area contributed by atoms with Crippen LogP contribution < -0.4 is 5.73 Å². The van der Waals surface area contributed by atoms with E-state index in [1.54, 1.807) is 4.90 Å². The van der Waals surface area contributed by atoms with E-state index in [0.29, 0.717) is 18.9 Å². The Morgan fingerprint density at radius 3 is 2.76 bits per heavy atom. The van der Waals surface area contributed by atoms with Crippen LogP contribution in [0.4, 0.5) is 5.69 Å². The van der Waals surface area contributed by atoms with Gasteiger partial charge in [-0.3, -0.25) is 4.79 Å². The van der Waals surface area contributed by atoms with Crippen LogP contribution in [0.2, 0.25) is 0 Å². The van der Waals surface area contributed by atoms with Crippen molar-refractivity contribution in [3.63, 3.8) is 0 Å². The summed E-state index contributed by atoms with van der Waals surface area (Å²) >= 11 is 0. The maximum atomic E-state index is 11.9. The highest BCUT2D eigenvalue weighted by atomic mass is 16.2. The molecule has 0 aromatic heterocycles. The molecule has 3 heteroatoms. The summed E-state index contributed by atoms with van der Waals surface area (Å²) in [5.41, 5.74) is 7.52. The highest BCUT2D eigenvalue weighted by molar-refractivity contribution is 5.76. The number of hydrogen-bond acceptors (Lipinski definition) is 2. The van der Waals surface area contributed by atoms with Gasteiger partial charge in [0.1, 0.15) is 0 Å². The highest BCUT2D eigenvalue weighted by Gasteiger charge is 2.12. The Morgan fingerprint density at radius 2 is 2.18 bits per heavy atom. The number of nitrogen functional groups attached to an aromatic ring is 1. The highest BCUT2D eigenvalue weighted by Crippen LogP contribution is 2.12. The summed E-state index contributed by atoms with van der Waals surface area (Å²) in [6, 6.07) is 7.67. The molecule has 1 aromatic carbocycles. The Labute approximate surface area is 104 Å². The first-order valence-electron chi connectivity index (χ1n) is 6.11. The van der Waals surface area contributed by atoms with Crippen molar-refractivity contribution in [3.8, 4) is 0 Å². The number of carbonyl (C=O) groups excluding carboxylic acids is 1. The second-order valence-electron chi connectivity index (χ2n) is 4.71. The Bertz CT molecular complexity index is 376. The van der Waals surface area contributed by atoms with Gasteiger partial charge in [-0.1, -0.05) is 32.4 Å². The normalized spacial score (nSPS) is 12.2. The maximum absolute atomic E-state index is 11.9. The van der Waals surface area contributed by atoms with E-state index < -0.39 is 0 Å². The first kappa shape index (κ1) is 13.6. The number of nitrogens with two attached hydrogens (primary N) is 1. The number of hydrogen-bond donors (Lipinski definition) is 1. The average Bonchev–Trinajstić information content (AvgIpc) is 2.28. The van der Waals surface area contributed by atoms with Crippen molar-refractivity contribution in [2.75, 3.05) is 12.8 Å². The van der Waals surface area contributed by atoms with Crippen LogP contribution in [0.25, 0.3) is 0 Å². The molecule has 0 bridgehead atoms. The van der Waals surface area contributed by atoms with Gasteiger partial charge in [0.05, 0.1) is 0 Å². The second-order valence-corrected chi connectivity index (χ2v) is 4.71. The van der Waals surface area contributed by atoms with Crippen molar-refractivity contribution in [3.05, 3.63) is 29.8 Å². The van der Waals surface area contributed by atoms with Gasteiger partial charge in [-0.05, 0) is 23.6 Å². The minimum Gasteiger partial charge on any atom is -0.399 e. The fourth-order valence-electron chi connectivity index (χ4n) is 1.65. The van der Waals surface area contributed by atoms with Gasteiger partial charge in [-0.25, -0.2) is 0 Å². The zero-order chi connectivity index (χ0) is 12.8. The van der Waals surface area contributed by atoms with E-state index in [1.165, 1.54) is 0 Å². The third-order valence-electron chi connectivity index (χ3n) is 3.02. The molecule has 0 aliphatic carbocycles. The predicted octanol–water partition coefficient (Wildman–Crippen LogP) is 2.66. The number of amides is 1. The van der Waals surface area contributed by atoms with Gasteiger partial charge < -0.3 is 10.6 Å². The molecule has 1 aromatic rings. The SMILES string of the molecule is CCC(C)CC(=O)N(C)Cc1cccc(N)c1. The summed E-state index contributed by atoms with van der Waals surface area (Å²) in [7, 11) is 1.84. The smallest absolute Gasteiger partial charge is 0.222 e. The molecule has 0 saturated carbocycles. The van der Waals surface area contributed by atoms with Crippen molar-refractivity contribution in [1.29, 1.82) is 0 Å². The molecule has 0 heterocycles. The first-order chi connectivity index (χ1) is 8.02. The molecule has 3 nitrogen and oxygen atoms in total. The summed E-state index contributed by atoms with van der Waals surface area (Å²) in [5.74, 6) is 0.646.